The quantitative estimate of drug-likeness (QED) is 0.432. The highest BCUT2D eigenvalue weighted by Gasteiger charge is 2.30. The lowest BCUT2D eigenvalue weighted by Crippen LogP contribution is -2.29. The fourth-order valence-corrected chi connectivity index (χ4v) is 2.59. The molecule has 1 amide bonds. The van der Waals surface area contributed by atoms with E-state index in [0.717, 1.165) is 24.3 Å². The molecular formula is C18H16F4N2O3. The number of nitro benzene ring substituents is 1. The number of hydrogen-bond acceptors (Lipinski definition) is 3. The van der Waals surface area contributed by atoms with E-state index < -0.39 is 45.7 Å². The smallest absolute Gasteiger partial charge is 0.345 e. The highest BCUT2D eigenvalue weighted by atomic mass is 19.4. The average molecular weight is 384 g/mol. The van der Waals surface area contributed by atoms with Crippen LogP contribution >= 0.6 is 0 Å². The molecule has 2 aromatic rings. The van der Waals surface area contributed by atoms with Crippen LogP contribution in [0.5, 0.6) is 0 Å². The maximum atomic E-state index is 14.2. The first-order valence-corrected chi connectivity index (χ1v) is 8.06. The van der Waals surface area contributed by atoms with Gasteiger partial charge in [-0.15, -0.1) is 0 Å². The Kier molecular flexibility index (Phi) is 6.14. The molecule has 0 bridgehead atoms. The van der Waals surface area contributed by atoms with Gasteiger partial charge in [0.05, 0.1) is 22.1 Å². The van der Waals surface area contributed by atoms with Crippen LogP contribution < -0.4 is 5.32 Å². The summed E-state index contributed by atoms with van der Waals surface area (Å²) in [6.45, 7) is 1.82. The predicted octanol–water partition coefficient (Wildman–Crippen LogP) is 5.02. The minimum atomic E-state index is -4.48. The van der Waals surface area contributed by atoms with Gasteiger partial charge < -0.3 is 5.32 Å². The normalized spacial score (nSPS) is 12.5. The molecule has 0 saturated carbocycles. The Labute approximate surface area is 152 Å². The first kappa shape index (κ1) is 20.3. The van der Waals surface area contributed by atoms with Crippen molar-refractivity contribution in [3.8, 4) is 0 Å². The van der Waals surface area contributed by atoms with Crippen molar-refractivity contribution in [2.75, 3.05) is 0 Å². The number of alkyl halides is 3. The Morgan fingerprint density at radius 3 is 2.33 bits per heavy atom. The fourth-order valence-electron chi connectivity index (χ4n) is 2.59. The molecule has 9 heteroatoms. The van der Waals surface area contributed by atoms with Crippen LogP contribution in [0.4, 0.5) is 23.2 Å². The first-order chi connectivity index (χ1) is 12.6. The number of carbonyl (C=O) groups is 1. The monoisotopic (exact) mass is 384 g/mol. The van der Waals surface area contributed by atoms with Gasteiger partial charge in [0, 0.05) is 6.07 Å². The van der Waals surface area contributed by atoms with E-state index in [0.29, 0.717) is 18.4 Å². The van der Waals surface area contributed by atoms with E-state index >= 15 is 0 Å². The van der Waals surface area contributed by atoms with Crippen molar-refractivity contribution in [1.82, 2.24) is 5.32 Å². The van der Waals surface area contributed by atoms with Gasteiger partial charge in [-0.25, -0.2) is 0 Å². The van der Waals surface area contributed by atoms with Crippen LogP contribution in [-0.2, 0) is 6.18 Å². The maximum Gasteiger partial charge on any atom is 0.416 e. The number of nitrogens with one attached hydrogen (secondary N) is 1. The van der Waals surface area contributed by atoms with E-state index in [1.54, 1.807) is 0 Å². The third-order valence-corrected chi connectivity index (χ3v) is 3.94. The van der Waals surface area contributed by atoms with Gasteiger partial charge in [0.1, 0.15) is 0 Å². The summed E-state index contributed by atoms with van der Waals surface area (Å²) in [6.07, 6.45) is -3.48. The van der Waals surface area contributed by atoms with E-state index in [-0.39, 0.29) is 0 Å². The lowest BCUT2D eigenvalue weighted by molar-refractivity contribution is -0.387. The van der Waals surface area contributed by atoms with Crippen LogP contribution in [0.1, 0.15) is 47.3 Å². The summed E-state index contributed by atoms with van der Waals surface area (Å²) in [5.41, 5.74) is -1.73. The summed E-state index contributed by atoms with van der Waals surface area (Å²) in [4.78, 5) is 22.2. The molecule has 5 nitrogen and oxygen atoms in total. The van der Waals surface area contributed by atoms with Gasteiger partial charge in [0.25, 0.3) is 5.91 Å². The lowest BCUT2D eigenvalue weighted by Gasteiger charge is -2.19. The SMILES string of the molecule is CCC[C@H](NC(=O)c1cccc([N+](=O)[O-])c1F)c1ccc(C(F)(F)F)cc1. The number of carbonyl (C=O) groups excluding carboxylic acids is 1. The highest BCUT2D eigenvalue weighted by molar-refractivity contribution is 5.95. The van der Waals surface area contributed by atoms with Crippen LogP contribution in [0.2, 0.25) is 0 Å². The van der Waals surface area contributed by atoms with Gasteiger partial charge in [-0.3, -0.25) is 14.9 Å². The molecule has 0 fully saturated rings. The van der Waals surface area contributed by atoms with Gasteiger partial charge in [-0.2, -0.15) is 17.6 Å². The number of rotatable bonds is 6. The molecule has 0 aliphatic heterocycles. The molecule has 0 aromatic heterocycles. The van der Waals surface area contributed by atoms with Gasteiger partial charge in [0.2, 0.25) is 5.82 Å². The highest BCUT2D eigenvalue weighted by Crippen LogP contribution is 2.30. The maximum absolute atomic E-state index is 14.2. The minimum Gasteiger partial charge on any atom is -0.345 e. The third-order valence-electron chi connectivity index (χ3n) is 3.94. The van der Waals surface area contributed by atoms with Crippen LogP contribution in [0, 0.1) is 15.9 Å². The topological polar surface area (TPSA) is 72.2 Å². The Bertz CT molecular complexity index is 835. The molecule has 0 aliphatic rings. The van der Waals surface area contributed by atoms with Crippen molar-refractivity contribution in [2.45, 2.75) is 32.0 Å². The second-order valence-electron chi connectivity index (χ2n) is 5.83. The van der Waals surface area contributed by atoms with Crippen molar-refractivity contribution < 1.29 is 27.3 Å². The number of halogens is 4. The first-order valence-electron chi connectivity index (χ1n) is 8.06. The van der Waals surface area contributed by atoms with Gasteiger partial charge in [0.15, 0.2) is 0 Å². The van der Waals surface area contributed by atoms with E-state index in [1.165, 1.54) is 18.2 Å². The fraction of sp³-hybridized carbons (Fsp3) is 0.278. The van der Waals surface area contributed by atoms with Gasteiger partial charge in [-0.1, -0.05) is 31.5 Å². The molecule has 2 rings (SSSR count). The van der Waals surface area contributed by atoms with Crippen molar-refractivity contribution in [3.63, 3.8) is 0 Å². The van der Waals surface area contributed by atoms with Crippen molar-refractivity contribution in [3.05, 3.63) is 75.1 Å². The molecule has 0 saturated heterocycles. The zero-order valence-corrected chi connectivity index (χ0v) is 14.2. The number of amides is 1. The van der Waals surface area contributed by atoms with Crippen LogP contribution in [0.25, 0.3) is 0 Å². The zero-order valence-electron chi connectivity index (χ0n) is 14.2. The number of benzene rings is 2. The Morgan fingerprint density at radius 1 is 1.19 bits per heavy atom. The Hall–Kier alpha value is -2.97. The van der Waals surface area contributed by atoms with E-state index in [1.807, 2.05) is 6.92 Å². The molecule has 27 heavy (non-hydrogen) atoms. The molecule has 144 valence electrons. The summed E-state index contributed by atoms with van der Waals surface area (Å²) in [5, 5.41) is 13.3. The lowest BCUT2D eigenvalue weighted by atomic mass is 10.00. The molecule has 0 unspecified atom stereocenters. The third kappa shape index (κ3) is 4.81. The molecule has 1 atom stereocenters. The van der Waals surface area contributed by atoms with Crippen LogP contribution in [0.15, 0.2) is 42.5 Å². The summed E-state index contributed by atoms with van der Waals surface area (Å²) in [5.74, 6) is -2.14. The minimum absolute atomic E-state index is 0.396. The van der Waals surface area contributed by atoms with Crippen LogP contribution in [0.3, 0.4) is 0 Å². The molecule has 0 radical (unpaired) electrons. The number of nitrogens with zero attached hydrogens (tertiary/aromatic N) is 1. The molecule has 1 N–H and O–H groups in total. The second-order valence-corrected chi connectivity index (χ2v) is 5.83. The molecule has 0 spiro atoms. The van der Waals surface area contributed by atoms with E-state index in [2.05, 4.69) is 5.32 Å². The molecule has 0 aliphatic carbocycles. The number of hydrogen-bond donors (Lipinski definition) is 1. The molecule has 0 heterocycles. The van der Waals surface area contributed by atoms with Crippen molar-refractivity contribution >= 4 is 11.6 Å². The summed E-state index contributed by atoms with van der Waals surface area (Å²) < 4.78 is 52.2. The summed E-state index contributed by atoms with van der Waals surface area (Å²) in [6, 6.07) is 6.85. The second kappa shape index (κ2) is 8.15. The van der Waals surface area contributed by atoms with Gasteiger partial charge in [-0.05, 0) is 30.2 Å². The zero-order chi connectivity index (χ0) is 20.2. The molecule has 2 aromatic carbocycles. The Morgan fingerprint density at radius 2 is 1.81 bits per heavy atom. The number of nitro groups is 1. The van der Waals surface area contributed by atoms with Crippen molar-refractivity contribution in [1.29, 1.82) is 0 Å². The average Bonchev–Trinajstić information content (AvgIpc) is 2.60. The van der Waals surface area contributed by atoms with Crippen molar-refractivity contribution in [2.24, 2.45) is 0 Å². The van der Waals surface area contributed by atoms with Gasteiger partial charge >= 0.3 is 11.9 Å². The predicted molar refractivity (Wildman–Crippen MR) is 89.6 cm³/mol. The molecular weight excluding hydrogens is 368 g/mol. The largest absolute Gasteiger partial charge is 0.416 e. The van der Waals surface area contributed by atoms with E-state index in [9.17, 15) is 32.5 Å². The summed E-state index contributed by atoms with van der Waals surface area (Å²) >= 11 is 0. The Balaban J connectivity index is 2.27. The standard InChI is InChI=1S/C18H16F4N2O3/c1-2-4-14(11-7-9-12(10-8-11)18(20,21)22)23-17(25)13-5-3-6-15(16(13)19)24(26)27/h3,5-10,14H,2,4H2,1H3,(H,23,25)/t14-/m0/s1. The summed E-state index contributed by atoms with van der Waals surface area (Å²) in [7, 11) is 0. The van der Waals surface area contributed by atoms with E-state index in [4.69, 9.17) is 0 Å². The van der Waals surface area contributed by atoms with Crippen LogP contribution in [-0.4, -0.2) is 10.8 Å².